The number of amides is 1. The van der Waals surface area contributed by atoms with Gasteiger partial charge in [0.1, 0.15) is 0 Å². The van der Waals surface area contributed by atoms with E-state index in [1.54, 1.807) is 0 Å². The SMILES string of the molecule is Cc1ccc(C)c(NC(=O)CSc2nnc(NN=C3CCCC3)n2N)c1. The summed E-state index contributed by atoms with van der Waals surface area (Å²) < 4.78 is 1.31. The number of benzene rings is 1. The van der Waals surface area contributed by atoms with Crippen LogP contribution in [0, 0.1) is 13.8 Å². The first kappa shape index (κ1) is 18.2. The molecule has 1 aliphatic carbocycles. The molecule has 9 heteroatoms. The molecule has 26 heavy (non-hydrogen) atoms. The third-order valence-electron chi connectivity index (χ3n) is 4.16. The van der Waals surface area contributed by atoms with Crippen molar-refractivity contribution in [2.24, 2.45) is 5.10 Å². The summed E-state index contributed by atoms with van der Waals surface area (Å²) in [5, 5.41) is 15.7. The molecule has 0 bridgehead atoms. The maximum absolute atomic E-state index is 12.2. The molecular weight excluding hydrogens is 350 g/mol. The van der Waals surface area contributed by atoms with Crippen LogP contribution in [0.15, 0.2) is 28.5 Å². The molecular formula is C17H23N7OS. The van der Waals surface area contributed by atoms with Gasteiger partial charge in [-0.2, -0.15) is 5.10 Å². The lowest BCUT2D eigenvalue weighted by molar-refractivity contribution is -0.113. The topological polar surface area (TPSA) is 110 Å². The lowest BCUT2D eigenvalue weighted by Gasteiger charge is -2.09. The van der Waals surface area contributed by atoms with E-state index in [-0.39, 0.29) is 11.7 Å². The zero-order valence-corrected chi connectivity index (χ0v) is 15.8. The van der Waals surface area contributed by atoms with E-state index < -0.39 is 0 Å². The standard InChI is InChI=1S/C17H23N7OS/c1-11-7-8-12(2)14(9-11)19-15(25)10-26-17-23-22-16(24(17)18)21-20-13-5-3-4-6-13/h7-9H,3-6,10,18H2,1-2H3,(H,19,25)(H,21,22). The van der Waals surface area contributed by atoms with Crippen LogP contribution in [0.4, 0.5) is 11.6 Å². The van der Waals surface area contributed by atoms with Crippen molar-refractivity contribution in [2.45, 2.75) is 44.7 Å². The number of thioether (sulfide) groups is 1. The van der Waals surface area contributed by atoms with Crippen molar-refractivity contribution in [3.8, 4) is 0 Å². The molecule has 1 aromatic heterocycles. The molecule has 138 valence electrons. The highest BCUT2D eigenvalue weighted by Crippen LogP contribution is 2.20. The van der Waals surface area contributed by atoms with Crippen LogP contribution >= 0.6 is 11.8 Å². The predicted molar refractivity (Wildman–Crippen MR) is 105 cm³/mol. The van der Waals surface area contributed by atoms with Crippen LogP contribution in [0.25, 0.3) is 0 Å². The number of aryl methyl sites for hydroxylation is 2. The number of nitrogens with one attached hydrogen (secondary N) is 2. The molecule has 0 unspecified atom stereocenters. The Bertz CT molecular complexity index is 823. The summed E-state index contributed by atoms with van der Waals surface area (Å²) in [7, 11) is 0. The van der Waals surface area contributed by atoms with Crippen LogP contribution in [-0.2, 0) is 4.79 Å². The fourth-order valence-electron chi connectivity index (χ4n) is 2.66. The maximum Gasteiger partial charge on any atom is 0.264 e. The molecule has 1 heterocycles. The summed E-state index contributed by atoms with van der Waals surface area (Å²) in [5.41, 5.74) is 6.91. The van der Waals surface area contributed by atoms with Crippen molar-refractivity contribution < 1.29 is 4.79 Å². The average molecular weight is 373 g/mol. The fourth-order valence-corrected chi connectivity index (χ4v) is 3.32. The Morgan fingerprint density at radius 2 is 2.08 bits per heavy atom. The van der Waals surface area contributed by atoms with Crippen molar-refractivity contribution in [1.82, 2.24) is 14.9 Å². The van der Waals surface area contributed by atoms with E-state index in [0.717, 1.165) is 35.4 Å². The van der Waals surface area contributed by atoms with E-state index >= 15 is 0 Å². The van der Waals surface area contributed by atoms with Crippen LogP contribution in [0.1, 0.15) is 36.8 Å². The molecule has 1 saturated carbocycles. The minimum atomic E-state index is -0.118. The Morgan fingerprint density at radius 3 is 2.85 bits per heavy atom. The molecule has 0 saturated heterocycles. The third-order valence-corrected chi connectivity index (χ3v) is 5.10. The van der Waals surface area contributed by atoms with Crippen LogP contribution in [0.2, 0.25) is 0 Å². The van der Waals surface area contributed by atoms with Gasteiger partial charge in [0.25, 0.3) is 5.95 Å². The van der Waals surface area contributed by atoms with Gasteiger partial charge in [-0.15, -0.1) is 10.2 Å². The minimum absolute atomic E-state index is 0.118. The molecule has 0 radical (unpaired) electrons. The zero-order chi connectivity index (χ0) is 18.5. The normalized spacial score (nSPS) is 13.7. The second-order valence-electron chi connectivity index (χ2n) is 6.33. The molecule has 2 aromatic rings. The van der Waals surface area contributed by atoms with Crippen LogP contribution in [0.3, 0.4) is 0 Å². The number of nitrogens with two attached hydrogens (primary N) is 1. The first-order valence-corrected chi connectivity index (χ1v) is 9.53. The van der Waals surface area contributed by atoms with E-state index in [4.69, 9.17) is 5.84 Å². The Kier molecular flexibility index (Phi) is 5.77. The Hall–Kier alpha value is -2.55. The van der Waals surface area contributed by atoms with Gasteiger partial charge in [0.05, 0.1) is 5.75 Å². The Labute approximate surface area is 156 Å². The average Bonchev–Trinajstić information content (AvgIpc) is 3.25. The molecule has 0 aliphatic heterocycles. The van der Waals surface area contributed by atoms with Crippen LogP contribution in [0.5, 0.6) is 0 Å². The number of carbonyl (C=O) groups is 1. The van der Waals surface area contributed by atoms with Crippen molar-refractivity contribution in [2.75, 3.05) is 22.3 Å². The van der Waals surface area contributed by atoms with Crippen molar-refractivity contribution in [3.05, 3.63) is 29.3 Å². The quantitative estimate of drug-likeness (QED) is 0.408. The molecule has 8 nitrogen and oxygen atoms in total. The van der Waals surface area contributed by atoms with E-state index in [2.05, 4.69) is 26.0 Å². The lowest BCUT2D eigenvalue weighted by atomic mass is 10.1. The van der Waals surface area contributed by atoms with Gasteiger partial charge in [-0.25, -0.2) is 10.1 Å². The number of nitrogen functional groups attached to an aromatic ring is 1. The largest absolute Gasteiger partial charge is 0.334 e. The van der Waals surface area contributed by atoms with Crippen LogP contribution in [-0.4, -0.2) is 32.2 Å². The monoisotopic (exact) mass is 373 g/mol. The number of carbonyl (C=O) groups excluding carboxylic acids is 1. The maximum atomic E-state index is 12.2. The van der Waals surface area contributed by atoms with E-state index in [0.29, 0.717) is 11.1 Å². The zero-order valence-electron chi connectivity index (χ0n) is 15.0. The highest BCUT2D eigenvalue weighted by Gasteiger charge is 2.14. The third kappa shape index (κ3) is 4.54. The Morgan fingerprint density at radius 1 is 1.31 bits per heavy atom. The van der Waals surface area contributed by atoms with E-state index in [1.165, 1.54) is 29.3 Å². The molecule has 1 aromatic carbocycles. The summed E-state index contributed by atoms with van der Waals surface area (Å²) >= 11 is 1.23. The van der Waals surface area contributed by atoms with Gasteiger partial charge in [0.15, 0.2) is 0 Å². The molecule has 4 N–H and O–H groups in total. The minimum Gasteiger partial charge on any atom is -0.334 e. The summed E-state index contributed by atoms with van der Waals surface area (Å²) in [5.74, 6) is 6.41. The van der Waals surface area contributed by atoms with Gasteiger partial charge in [-0.05, 0) is 56.7 Å². The smallest absolute Gasteiger partial charge is 0.264 e. The van der Waals surface area contributed by atoms with Gasteiger partial charge < -0.3 is 11.2 Å². The van der Waals surface area contributed by atoms with Gasteiger partial charge in [-0.3, -0.25) is 4.79 Å². The number of hydrazone groups is 1. The van der Waals surface area contributed by atoms with Gasteiger partial charge in [0.2, 0.25) is 11.1 Å². The highest BCUT2D eigenvalue weighted by molar-refractivity contribution is 7.99. The number of anilines is 2. The molecule has 3 rings (SSSR count). The summed E-state index contributed by atoms with van der Waals surface area (Å²) in [6, 6.07) is 5.95. The second-order valence-corrected chi connectivity index (χ2v) is 7.27. The fraction of sp³-hybridized carbons (Fsp3) is 0.412. The summed E-state index contributed by atoms with van der Waals surface area (Å²) in [4.78, 5) is 12.2. The first-order valence-electron chi connectivity index (χ1n) is 8.55. The molecule has 1 fully saturated rings. The van der Waals surface area contributed by atoms with Gasteiger partial charge >= 0.3 is 0 Å². The number of nitrogens with zero attached hydrogens (tertiary/aromatic N) is 4. The first-order chi connectivity index (χ1) is 12.5. The predicted octanol–water partition coefficient (Wildman–Crippen LogP) is 2.68. The number of hydrogen-bond donors (Lipinski definition) is 3. The van der Waals surface area contributed by atoms with E-state index in [9.17, 15) is 4.79 Å². The van der Waals surface area contributed by atoms with Gasteiger partial charge in [-0.1, -0.05) is 23.9 Å². The van der Waals surface area contributed by atoms with Crippen molar-refractivity contribution >= 4 is 35.0 Å². The molecule has 1 aliphatic rings. The lowest BCUT2D eigenvalue weighted by Crippen LogP contribution is -2.17. The number of rotatable bonds is 6. The number of hydrogen-bond acceptors (Lipinski definition) is 7. The second kappa shape index (κ2) is 8.22. The molecule has 1 amide bonds. The highest BCUT2D eigenvalue weighted by atomic mass is 32.2. The summed E-state index contributed by atoms with van der Waals surface area (Å²) in [6.45, 7) is 3.95. The molecule has 0 atom stereocenters. The summed E-state index contributed by atoms with van der Waals surface area (Å²) in [6.07, 6.45) is 4.36. The van der Waals surface area contributed by atoms with Gasteiger partial charge in [0, 0.05) is 11.4 Å². The van der Waals surface area contributed by atoms with E-state index in [1.807, 2.05) is 32.0 Å². The van der Waals surface area contributed by atoms with Crippen LogP contribution < -0.4 is 16.6 Å². The Balaban J connectivity index is 1.55. The molecule has 0 spiro atoms. The number of aromatic nitrogens is 3. The van der Waals surface area contributed by atoms with Crippen molar-refractivity contribution in [1.29, 1.82) is 0 Å². The van der Waals surface area contributed by atoms with Crippen molar-refractivity contribution in [3.63, 3.8) is 0 Å².